The highest BCUT2D eigenvalue weighted by Gasteiger charge is 2.14. The Morgan fingerprint density at radius 3 is 2.68 bits per heavy atom. The molecule has 0 saturated carbocycles. The fourth-order valence-corrected chi connectivity index (χ4v) is 3.13. The van der Waals surface area contributed by atoms with Crippen molar-refractivity contribution in [2.24, 2.45) is 5.92 Å². The van der Waals surface area contributed by atoms with Crippen molar-refractivity contribution in [2.75, 3.05) is 17.2 Å². The molecule has 0 bridgehead atoms. The molecule has 2 heterocycles. The van der Waals surface area contributed by atoms with E-state index in [2.05, 4.69) is 46.6 Å². The van der Waals surface area contributed by atoms with Gasteiger partial charge in [0.25, 0.3) is 0 Å². The predicted molar refractivity (Wildman–Crippen MR) is 94.6 cm³/mol. The second-order valence-electron chi connectivity index (χ2n) is 5.60. The molecule has 0 aliphatic carbocycles. The first-order chi connectivity index (χ1) is 10.7. The number of hydrogen-bond donors (Lipinski definition) is 2. The minimum Gasteiger partial charge on any atom is -0.380 e. The first kappa shape index (κ1) is 14.8. The van der Waals surface area contributed by atoms with Gasteiger partial charge in [-0.2, -0.15) is 0 Å². The normalized spacial score (nSPS) is 12.5. The van der Waals surface area contributed by atoms with Gasteiger partial charge in [-0.1, -0.05) is 32.0 Å². The van der Waals surface area contributed by atoms with Crippen molar-refractivity contribution in [3.8, 4) is 0 Å². The van der Waals surface area contributed by atoms with Gasteiger partial charge in [0.15, 0.2) is 0 Å². The Balaban J connectivity index is 1.70. The van der Waals surface area contributed by atoms with Crippen molar-refractivity contribution in [1.82, 2.24) is 9.97 Å². The summed E-state index contributed by atoms with van der Waals surface area (Å²) in [5, 5.41) is 9.11. The van der Waals surface area contributed by atoms with Crippen LogP contribution in [0.25, 0.3) is 10.2 Å². The molecule has 1 aromatic carbocycles. The van der Waals surface area contributed by atoms with Crippen LogP contribution in [-0.2, 0) is 0 Å². The number of nitrogens with one attached hydrogen (secondary N) is 2. The van der Waals surface area contributed by atoms with Gasteiger partial charge in [0.05, 0.1) is 10.2 Å². The third-order valence-electron chi connectivity index (χ3n) is 3.66. The summed E-state index contributed by atoms with van der Waals surface area (Å²) in [6, 6.07) is 12.7. The van der Waals surface area contributed by atoms with Crippen molar-refractivity contribution in [1.29, 1.82) is 0 Å². The molecule has 1 atom stereocenters. The molecule has 3 aromatic rings. The van der Waals surface area contributed by atoms with E-state index in [-0.39, 0.29) is 0 Å². The Kier molecular flexibility index (Phi) is 4.53. The van der Waals surface area contributed by atoms with Crippen LogP contribution in [0, 0.1) is 5.92 Å². The molecule has 0 fully saturated rings. The molecule has 0 spiro atoms. The van der Waals surface area contributed by atoms with E-state index >= 15 is 0 Å². The van der Waals surface area contributed by atoms with Crippen molar-refractivity contribution in [3.05, 3.63) is 48.1 Å². The maximum Gasteiger partial charge on any atom is 0.147 e. The van der Waals surface area contributed by atoms with Gasteiger partial charge in [0.1, 0.15) is 12.1 Å². The summed E-state index contributed by atoms with van der Waals surface area (Å²) in [6.07, 6.45) is 1.62. The lowest BCUT2D eigenvalue weighted by molar-refractivity contribution is 0.542. The Bertz CT molecular complexity index is 724. The van der Waals surface area contributed by atoms with E-state index in [9.17, 15) is 0 Å². The molecular weight excluding hydrogens is 292 g/mol. The molecule has 0 radical (unpaired) electrons. The largest absolute Gasteiger partial charge is 0.380 e. The lowest BCUT2D eigenvalue weighted by atomic mass is 10.0. The Hall–Kier alpha value is -2.14. The van der Waals surface area contributed by atoms with Crippen LogP contribution in [0.15, 0.2) is 48.1 Å². The number of aromatic nitrogens is 2. The van der Waals surface area contributed by atoms with Crippen molar-refractivity contribution in [2.45, 2.75) is 19.9 Å². The van der Waals surface area contributed by atoms with Crippen molar-refractivity contribution >= 4 is 33.1 Å². The van der Waals surface area contributed by atoms with Gasteiger partial charge in [-0.3, -0.25) is 0 Å². The number of para-hydroxylation sites is 1. The van der Waals surface area contributed by atoms with Crippen LogP contribution in [0.2, 0.25) is 0 Å². The molecule has 5 heteroatoms. The highest BCUT2D eigenvalue weighted by atomic mass is 32.1. The minimum atomic E-state index is 0.326. The summed E-state index contributed by atoms with van der Waals surface area (Å²) in [5.41, 5.74) is 2.14. The van der Waals surface area contributed by atoms with Gasteiger partial charge in [0.2, 0.25) is 0 Å². The standard InChI is InChI=1S/C17H20N4S/c1-12(2)15(21-13-6-4-3-5-7-13)10-18-17-16-14(8-9-22-16)19-11-20-17/h3-9,11-12,15,21H,10H2,1-2H3,(H,18,19,20). The molecule has 4 nitrogen and oxygen atoms in total. The van der Waals surface area contributed by atoms with E-state index in [0.29, 0.717) is 12.0 Å². The molecule has 1 unspecified atom stereocenters. The van der Waals surface area contributed by atoms with E-state index in [0.717, 1.165) is 28.3 Å². The van der Waals surface area contributed by atoms with Crippen LogP contribution in [0.5, 0.6) is 0 Å². The van der Waals surface area contributed by atoms with Gasteiger partial charge >= 0.3 is 0 Å². The molecule has 0 amide bonds. The van der Waals surface area contributed by atoms with Crippen LogP contribution in [-0.4, -0.2) is 22.6 Å². The summed E-state index contributed by atoms with van der Waals surface area (Å²) >= 11 is 1.67. The zero-order chi connectivity index (χ0) is 15.4. The summed E-state index contributed by atoms with van der Waals surface area (Å²) in [5.74, 6) is 1.42. The van der Waals surface area contributed by atoms with E-state index in [1.165, 1.54) is 0 Å². The molecule has 2 N–H and O–H groups in total. The smallest absolute Gasteiger partial charge is 0.147 e. The van der Waals surface area contributed by atoms with E-state index in [4.69, 9.17) is 0 Å². The molecule has 3 rings (SSSR count). The molecule has 22 heavy (non-hydrogen) atoms. The fourth-order valence-electron chi connectivity index (χ4n) is 2.32. The maximum atomic E-state index is 4.38. The van der Waals surface area contributed by atoms with Crippen LogP contribution in [0.4, 0.5) is 11.5 Å². The average Bonchev–Trinajstić information content (AvgIpc) is 3.01. The van der Waals surface area contributed by atoms with Gasteiger partial charge in [0, 0.05) is 18.3 Å². The van der Waals surface area contributed by atoms with E-state index in [1.807, 2.05) is 29.6 Å². The van der Waals surface area contributed by atoms with Crippen LogP contribution in [0.3, 0.4) is 0 Å². The summed E-state index contributed by atoms with van der Waals surface area (Å²) in [7, 11) is 0. The van der Waals surface area contributed by atoms with E-state index in [1.54, 1.807) is 17.7 Å². The Morgan fingerprint density at radius 2 is 1.91 bits per heavy atom. The van der Waals surface area contributed by atoms with Crippen LogP contribution < -0.4 is 10.6 Å². The Morgan fingerprint density at radius 1 is 1.09 bits per heavy atom. The van der Waals surface area contributed by atoms with Gasteiger partial charge in [-0.15, -0.1) is 11.3 Å². The topological polar surface area (TPSA) is 49.8 Å². The number of rotatable bonds is 6. The molecule has 2 aromatic heterocycles. The molecule has 114 valence electrons. The average molecular weight is 312 g/mol. The van der Waals surface area contributed by atoms with Crippen LogP contribution in [0.1, 0.15) is 13.8 Å². The highest BCUT2D eigenvalue weighted by molar-refractivity contribution is 7.17. The van der Waals surface area contributed by atoms with Crippen molar-refractivity contribution in [3.63, 3.8) is 0 Å². The summed E-state index contributed by atoms with van der Waals surface area (Å²) in [6.45, 7) is 5.27. The third-order valence-corrected chi connectivity index (χ3v) is 4.57. The second-order valence-corrected chi connectivity index (χ2v) is 6.52. The van der Waals surface area contributed by atoms with Crippen molar-refractivity contribution < 1.29 is 0 Å². The number of thiophene rings is 1. The molecule has 0 aliphatic rings. The number of anilines is 2. The molecule has 0 saturated heterocycles. The zero-order valence-corrected chi connectivity index (χ0v) is 13.6. The molecule has 0 aliphatic heterocycles. The lowest BCUT2D eigenvalue weighted by Crippen LogP contribution is -2.33. The lowest BCUT2D eigenvalue weighted by Gasteiger charge is -2.24. The summed E-state index contributed by atoms with van der Waals surface area (Å²) < 4.78 is 1.12. The van der Waals surface area contributed by atoms with E-state index < -0.39 is 0 Å². The highest BCUT2D eigenvalue weighted by Crippen LogP contribution is 2.25. The number of hydrogen-bond acceptors (Lipinski definition) is 5. The number of benzene rings is 1. The third kappa shape index (κ3) is 3.36. The minimum absolute atomic E-state index is 0.326. The summed E-state index contributed by atoms with van der Waals surface area (Å²) in [4.78, 5) is 8.65. The van der Waals surface area contributed by atoms with Crippen LogP contribution >= 0.6 is 11.3 Å². The zero-order valence-electron chi connectivity index (χ0n) is 12.8. The Labute approximate surface area is 134 Å². The molecular formula is C17H20N4S. The van der Waals surface area contributed by atoms with Gasteiger partial charge in [-0.25, -0.2) is 9.97 Å². The maximum absolute atomic E-state index is 4.38. The SMILES string of the molecule is CC(C)C(CNc1ncnc2ccsc12)Nc1ccccc1. The van der Waals surface area contributed by atoms with Gasteiger partial charge < -0.3 is 10.6 Å². The first-order valence-corrected chi connectivity index (χ1v) is 8.35. The monoisotopic (exact) mass is 312 g/mol. The predicted octanol–water partition coefficient (Wildman–Crippen LogP) is 4.24. The first-order valence-electron chi connectivity index (χ1n) is 7.47. The fraction of sp³-hybridized carbons (Fsp3) is 0.294. The second kappa shape index (κ2) is 6.75. The number of nitrogens with zero attached hydrogens (tertiary/aromatic N) is 2. The number of fused-ring (bicyclic) bond motifs is 1. The quantitative estimate of drug-likeness (QED) is 0.715. The van der Waals surface area contributed by atoms with Gasteiger partial charge in [-0.05, 0) is 29.5 Å².